The van der Waals surface area contributed by atoms with Crippen molar-refractivity contribution in [1.29, 1.82) is 0 Å². The third-order valence-corrected chi connectivity index (χ3v) is 4.20. The van der Waals surface area contributed by atoms with Gasteiger partial charge in [0.25, 0.3) is 5.91 Å². The van der Waals surface area contributed by atoms with E-state index in [0.717, 1.165) is 11.6 Å². The monoisotopic (exact) mass is 385 g/mol. The van der Waals surface area contributed by atoms with Crippen LogP contribution in [0.4, 0.5) is 4.39 Å². The highest BCUT2D eigenvalue weighted by atomic mass is 19.1. The molecule has 0 saturated carbocycles. The smallest absolute Gasteiger partial charge is 0.331 e. The van der Waals surface area contributed by atoms with Crippen molar-refractivity contribution in [2.75, 3.05) is 13.7 Å². The van der Waals surface area contributed by atoms with Crippen LogP contribution in [0.15, 0.2) is 54.6 Å². The van der Waals surface area contributed by atoms with E-state index in [0.29, 0.717) is 12.1 Å². The third-order valence-electron chi connectivity index (χ3n) is 4.20. The topological polar surface area (TPSA) is 64.6 Å². The van der Waals surface area contributed by atoms with Crippen LogP contribution >= 0.6 is 0 Å². The molecule has 5 nitrogen and oxygen atoms in total. The van der Waals surface area contributed by atoms with Crippen LogP contribution in [-0.4, -0.2) is 31.6 Å². The molecule has 0 fully saturated rings. The average molecular weight is 385 g/mol. The van der Waals surface area contributed by atoms with E-state index >= 15 is 0 Å². The molecule has 28 heavy (non-hydrogen) atoms. The van der Waals surface area contributed by atoms with Crippen molar-refractivity contribution >= 4 is 18.0 Å². The number of ether oxygens (including phenoxy) is 2. The van der Waals surface area contributed by atoms with Gasteiger partial charge in [0.05, 0.1) is 7.11 Å². The minimum Gasteiger partial charge on any atom is -0.494 e. The van der Waals surface area contributed by atoms with E-state index in [2.05, 4.69) is 5.32 Å². The van der Waals surface area contributed by atoms with Crippen LogP contribution in [0.25, 0.3) is 6.08 Å². The van der Waals surface area contributed by atoms with Crippen LogP contribution < -0.4 is 10.1 Å². The van der Waals surface area contributed by atoms with Gasteiger partial charge in [-0.1, -0.05) is 43.3 Å². The molecule has 2 atom stereocenters. The highest BCUT2D eigenvalue weighted by molar-refractivity contribution is 5.90. The maximum Gasteiger partial charge on any atom is 0.331 e. The molecule has 0 saturated heterocycles. The maximum absolute atomic E-state index is 13.6. The largest absolute Gasteiger partial charge is 0.494 e. The minimum atomic E-state index is -0.937. The molecular formula is C22H24FNO4. The number of hydrogen-bond acceptors (Lipinski definition) is 4. The van der Waals surface area contributed by atoms with E-state index in [1.165, 1.54) is 32.2 Å². The van der Waals surface area contributed by atoms with Crippen LogP contribution in [0.3, 0.4) is 0 Å². The summed E-state index contributed by atoms with van der Waals surface area (Å²) in [6.45, 7) is 3.94. The van der Waals surface area contributed by atoms with Crippen molar-refractivity contribution in [2.45, 2.75) is 25.9 Å². The summed E-state index contributed by atoms with van der Waals surface area (Å²) in [4.78, 5) is 24.0. The highest BCUT2D eigenvalue weighted by Crippen LogP contribution is 2.18. The van der Waals surface area contributed by atoms with Gasteiger partial charge in [0.2, 0.25) is 0 Å². The number of carbonyl (C=O) groups is 2. The van der Waals surface area contributed by atoms with Crippen molar-refractivity contribution in [3.63, 3.8) is 0 Å². The molecule has 0 spiro atoms. The summed E-state index contributed by atoms with van der Waals surface area (Å²) in [5, 5.41) is 2.78. The van der Waals surface area contributed by atoms with Crippen molar-refractivity contribution in [1.82, 2.24) is 5.32 Å². The number of methoxy groups -OCH3 is 1. The third kappa shape index (κ3) is 6.23. The van der Waals surface area contributed by atoms with Gasteiger partial charge in [-0.05, 0) is 42.2 Å². The Morgan fingerprint density at radius 3 is 2.50 bits per heavy atom. The molecule has 0 aliphatic rings. The maximum atomic E-state index is 13.6. The van der Waals surface area contributed by atoms with Gasteiger partial charge >= 0.3 is 5.97 Å². The number of benzene rings is 2. The molecule has 0 unspecified atom stereocenters. The predicted molar refractivity (Wildman–Crippen MR) is 105 cm³/mol. The molecule has 148 valence electrons. The van der Waals surface area contributed by atoms with E-state index < -0.39 is 17.9 Å². The fourth-order valence-electron chi connectivity index (χ4n) is 2.51. The fraction of sp³-hybridized carbons (Fsp3) is 0.273. The van der Waals surface area contributed by atoms with E-state index in [1.807, 2.05) is 37.3 Å². The Kier molecular flexibility index (Phi) is 7.75. The fourth-order valence-corrected chi connectivity index (χ4v) is 2.51. The molecule has 0 aromatic heterocycles. The molecule has 0 bridgehead atoms. The van der Waals surface area contributed by atoms with E-state index in [1.54, 1.807) is 6.07 Å². The molecule has 1 N–H and O–H groups in total. The molecular weight excluding hydrogens is 361 g/mol. The second-order valence-corrected chi connectivity index (χ2v) is 6.36. The summed E-state index contributed by atoms with van der Waals surface area (Å²) < 4.78 is 23.6. The number of amides is 1. The standard InChI is InChI=1S/C22H24FNO4/c1-15(18-7-5-4-6-8-18)14-24-22(26)16(2)28-21(25)12-10-17-9-11-20(27-3)19(23)13-17/h4-13,15-16H,14H2,1-3H3,(H,24,26)/b12-10+/t15-,16+/m0/s1. The van der Waals surface area contributed by atoms with Crippen molar-refractivity contribution in [2.24, 2.45) is 0 Å². The quantitative estimate of drug-likeness (QED) is 0.556. The first kappa shape index (κ1) is 21.2. The zero-order valence-electron chi connectivity index (χ0n) is 16.1. The summed E-state index contributed by atoms with van der Waals surface area (Å²) in [6, 6.07) is 14.1. The van der Waals surface area contributed by atoms with Crippen molar-refractivity contribution in [3.05, 3.63) is 71.6 Å². The summed E-state index contributed by atoms with van der Waals surface area (Å²) in [5.74, 6) is -1.33. The summed E-state index contributed by atoms with van der Waals surface area (Å²) in [5.41, 5.74) is 1.59. The summed E-state index contributed by atoms with van der Waals surface area (Å²) in [7, 11) is 1.37. The Bertz CT molecular complexity index is 836. The van der Waals surface area contributed by atoms with Gasteiger partial charge in [0.15, 0.2) is 17.7 Å². The lowest BCUT2D eigenvalue weighted by molar-refractivity contribution is -0.150. The van der Waals surface area contributed by atoms with Crippen LogP contribution in [-0.2, 0) is 14.3 Å². The van der Waals surface area contributed by atoms with Gasteiger partial charge in [-0.25, -0.2) is 9.18 Å². The second kappa shape index (κ2) is 10.3. The number of rotatable bonds is 8. The second-order valence-electron chi connectivity index (χ2n) is 6.36. The number of nitrogens with one attached hydrogen (secondary N) is 1. The number of carbonyl (C=O) groups excluding carboxylic acids is 2. The predicted octanol–water partition coefficient (Wildman–Crippen LogP) is 3.70. The molecule has 0 aliphatic carbocycles. The Balaban J connectivity index is 1.82. The van der Waals surface area contributed by atoms with Crippen LogP contribution in [0.1, 0.15) is 30.9 Å². The molecule has 2 aromatic carbocycles. The van der Waals surface area contributed by atoms with Crippen molar-refractivity contribution < 1.29 is 23.5 Å². The normalized spacial score (nSPS) is 13.0. The average Bonchev–Trinajstić information content (AvgIpc) is 2.70. The Labute approximate surface area is 164 Å². The first-order valence-electron chi connectivity index (χ1n) is 8.95. The van der Waals surface area contributed by atoms with Gasteiger partial charge < -0.3 is 14.8 Å². The lowest BCUT2D eigenvalue weighted by Gasteiger charge is -2.16. The Morgan fingerprint density at radius 2 is 1.86 bits per heavy atom. The summed E-state index contributed by atoms with van der Waals surface area (Å²) >= 11 is 0. The Morgan fingerprint density at radius 1 is 1.14 bits per heavy atom. The number of esters is 1. The molecule has 0 aliphatic heterocycles. The van der Waals surface area contributed by atoms with E-state index in [9.17, 15) is 14.0 Å². The van der Waals surface area contributed by atoms with Gasteiger partial charge in [0, 0.05) is 12.6 Å². The SMILES string of the molecule is COc1ccc(/C=C/C(=O)O[C@H](C)C(=O)NC[C@H](C)c2ccccc2)cc1F. The molecule has 6 heteroatoms. The van der Waals surface area contributed by atoms with Gasteiger partial charge in [-0.15, -0.1) is 0 Å². The molecule has 0 heterocycles. The van der Waals surface area contributed by atoms with Crippen molar-refractivity contribution in [3.8, 4) is 5.75 Å². The lowest BCUT2D eigenvalue weighted by atomic mass is 10.0. The lowest BCUT2D eigenvalue weighted by Crippen LogP contribution is -2.37. The first-order valence-corrected chi connectivity index (χ1v) is 8.95. The van der Waals surface area contributed by atoms with Crippen LogP contribution in [0.2, 0.25) is 0 Å². The molecule has 2 aromatic rings. The zero-order chi connectivity index (χ0) is 20.5. The first-order chi connectivity index (χ1) is 13.4. The zero-order valence-corrected chi connectivity index (χ0v) is 16.1. The van der Waals surface area contributed by atoms with E-state index in [4.69, 9.17) is 9.47 Å². The Hall–Kier alpha value is -3.15. The van der Waals surface area contributed by atoms with Crippen LogP contribution in [0, 0.1) is 5.82 Å². The number of hydrogen-bond donors (Lipinski definition) is 1. The minimum absolute atomic E-state index is 0.120. The van der Waals surface area contributed by atoms with Crippen LogP contribution in [0.5, 0.6) is 5.75 Å². The van der Waals surface area contributed by atoms with Gasteiger partial charge in [-0.3, -0.25) is 4.79 Å². The summed E-state index contributed by atoms with van der Waals surface area (Å²) in [6.07, 6.45) is 1.62. The molecule has 1 amide bonds. The molecule has 2 rings (SSSR count). The van der Waals surface area contributed by atoms with E-state index in [-0.39, 0.29) is 17.6 Å². The molecule has 0 radical (unpaired) electrons. The number of halogens is 1. The van der Waals surface area contributed by atoms with Gasteiger partial charge in [-0.2, -0.15) is 0 Å². The van der Waals surface area contributed by atoms with Gasteiger partial charge in [0.1, 0.15) is 0 Å². The highest BCUT2D eigenvalue weighted by Gasteiger charge is 2.17.